The number of nitrogens with one attached hydrogen (secondary N) is 2. The fourth-order valence-corrected chi connectivity index (χ4v) is 5.41. The van der Waals surface area contributed by atoms with E-state index in [0.717, 1.165) is 45.4 Å². The van der Waals surface area contributed by atoms with E-state index >= 15 is 0 Å². The number of carbonyl (C=O) groups is 2. The van der Waals surface area contributed by atoms with Crippen LogP contribution < -0.4 is 10.6 Å². The van der Waals surface area contributed by atoms with Crippen LogP contribution in [0, 0.1) is 12.8 Å². The molecule has 2 N–H and O–H groups in total. The van der Waals surface area contributed by atoms with Crippen LogP contribution in [0.15, 0.2) is 61.3 Å². The van der Waals surface area contributed by atoms with Crippen LogP contribution in [0.25, 0.3) is 33.3 Å². The molecule has 4 heterocycles. The van der Waals surface area contributed by atoms with Crippen molar-refractivity contribution in [2.24, 2.45) is 20.0 Å². The monoisotopic (exact) mass is 578 g/mol. The van der Waals surface area contributed by atoms with Gasteiger partial charge >= 0.3 is 6.09 Å². The molecule has 0 bridgehead atoms. The number of pyridine rings is 2. The number of rotatable bonds is 6. The third-order valence-electron chi connectivity index (χ3n) is 7.52. The van der Waals surface area contributed by atoms with E-state index in [4.69, 9.17) is 9.72 Å². The van der Waals surface area contributed by atoms with Gasteiger partial charge < -0.3 is 10.1 Å². The molecule has 1 aromatic carbocycles. The van der Waals surface area contributed by atoms with E-state index in [1.807, 2.05) is 84.5 Å². The first-order valence-corrected chi connectivity index (χ1v) is 14.1. The van der Waals surface area contributed by atoms with Crippen LogP contribution in [0.4, 0.5) is 16.3 Å². The summed E-state index contributed by atoms with van der Waals surface area (Å²) in [4.78, 5) is 35.2. The zero-order valence-corrected chi connectivity index (χ0v) is 25.0. The number of amides is 2. The lowest BCUT2D eigenvalue weighted by Gasteiger charge is -2.21. The molecule has 1 saturated carbocycles. The third-order valence-corrected chi connectivity index (χ3v) is 7.52. The van der Waals surface area contributed by atoms with Gasteiger partial charge in [-0.15, -0.1) is 0 Å². The Morgan fingerprint density at radius 2 is 1.81 bits per heavy atom. The molecule has 1 fully saturated rings. The van der Waals surface area contributed by atoms with E-state index in [2.05, 4.69) is 25.8 Å². The molecule has 11 nitrogen and oxygen atoms in total. The Morgan fingerprint density at radius 1 is 1.00 bits per heavy atom. The number of benzene rings is 1. The third kappa shape index (κ3) is 5.83. The number of hydrogen-bond donors (Lipinski definition) is 2. The molecule has 5 aromatic rings. The number of anilines is 2. The predicted molar refractivity (Wildman–Crippen MR) is 164 cm³/mol. The van der Waals surface area contributed by atoms with E-state index in [-0.39, 0.29) is 17.7 Å². The summed E-state index contributed by atoms with van der Waals surface area (Å²) in [6.45, 7) is 7.47. The van der Waals surface area contributed by atoms with Crippen LogP contribution in [-0.4, -0.2) is 47.1 Å². The van der Waals surface area contributed by atoms with Crippen molar-refractivity contribution in [3.05, 3.63) is 72.4 Å². The Kier molecular flexibility index (Phi) is 6.95. The van der Waals surface area contributed by atoms with E-state index in [1.54, 1.807) is 28.0 Å². The Morgan fingerprint density at radius 3 is 2.51 bits per heavy atom. The maximum atomic E-state index is 13.1. The lowest BCUT2D eigenvalue weighted by atomic mass is 9.95. The van der Waals surface area contributed by atoms with Crippen molar-refractivity contribution in [1.29, 1.82) is 0 Å². The summed E-state index contributed by atoms with van der Waals surface area (Å²) in [6, 6.07) is 9.62. The van der Waals surface area contributed by atoms with Crippen molar-refractivity contribution < 1.29 is 14.3 Å². The minimum atomic E-state index is -0.670. The quantitative estimate of drug-likeness (QED) is 0.259. The van der Waals surface area contributed by atoms with Gasteiger partial charge in [0.25, 0.3) is 0 Å². The average molecular weight is 579 g/mol. The van der Waals surface area contributed by atoms with Crippen LogP contribution >= 0.6 is 0 Å². The molecule has 2 amide bonds. The van der Waals surface area contributed by atoms with E-state index < -0.39 is 11.7 Å². The van der Waals surface area contributed by atoms with E-state index in [1.165, 1.54) is 0 Å². The van der Waals surface area contributed by atoms with Gasteiger partial charge in [0.2, 0.25) is 5.91 Å². The van der Waals surface area contributed by atoms with Gasteiger partial charge in [-0.25, -0.2) is 9.78 Å². The van der Waals surface area contributed by atoms with Crippen molar-refractivity contribution in [2.75, 3.05) is 10.6 Å². The summed E-state index contributed by atoms with van der Waals surface area (Å²) in [5, 5.41) is 16.0. The lowest BCUT2D eigenvalue weighted by molar-refractivity contribution is -0.117. The van der Waals surface area contributed by atoms with Crippen LogP contribution in [0.2, 0.25) is 0 Å². The number of nitrogens with zero attached hydrogens (tertiary/aromatic N) is 6. The molecule has 1 aliphatic carbocycles. The first kappa shape index (κ1) is 28.1. The maximum absolute atomic E-state index is 13.1. The molecular weight excluding hydrogens is 544 g/mol. The van der Waals surface area contributed by atoms with Crippen molar-refractivity contribution in [2.45, 2.75) is 45.6 Å². The SMILES string of the molecule is Cc1ccnc(-c2ccnn2C)c1-c1cc(NC(=O)OC(C)(C)C)c2cnc(NC(=O)C3CC3c3cnn(C)c3)cc2c1. The molecule has 1 aliphatic rings. The number of ether oxygens (including phenoxy) is 1. The molecule has 11 heteroatoms. The maximum Gasteiger partial charge on any atom is 0.412 e. The summed E-state index contributed by atoms with van der Waals surface area (Å²) in [5.74, 6) is 0.385. The number of aromatic nitrogens is 6. The Labute approximate surface area is 249 Å². The molecule has 2 unspecified atom stereocenters. The van der Waals surface area contributed by atoms with E-state index in [0.29, 0.717) is 16.9 Å². The molecule has 0 saturated heterocycles. The van der Waals surface area contributed by atoms with Gasteiger partial charge in [-0.05, 0) is 92.4 Å². The summed E-state index contributed by atoms with van der Waals surface area (Å²) in [6.07, 6.45) is 9.13. The predicted octanol–water partition coefficient (Wildman–Crippen LogP) is 5.83. The Bertz CT molecular complexity index is 1870. The number of aryl methyl sites for hydroxylation is 3. The highest BCUT2D eigenvalue weighted by molar-refractivity contribution is 6.05. The van der Waals surface area contributed by atoms with Crippen molar-refractivity contribution >= 4 is 34.3 Å². The van der Waals surface area contributed by atoms with Crippen molar-refractivity contribution in [3.8, 4) is 22.5 Å². The number of hydrogen-bond acceptors (Lipinski definition) is 7. The summed E-state index contributed by atoms with van der Waals surface area (Å²) >= 11 is 0. The zero-order valence-electron chi connectivity index (χ0n) is 25.0. The van der Waals surface area contributed by atoms with Gasteiger partial charge in [0.05, 0.1) is 23.3 Å². The van der Waals surface area contributed by atoms with Gasteiger partial charge in [0.15, 0.2) is 0 Å². The smallest absolute Gasteiger partial charge is 0.412 e. The van der Waals surface area contributed by atoms with Gasteiger partial charge in [0.1, 0.15) is 11.4 Å². The van der Waals surface area contributed by atoms with Crippen molar-refractivity contribution in [3.63, 3.8) is 0 Å². The minimum Gasteiger partial charge on any atom is -0.444 e. The molecule has 0 aliphatic heterocycles. The Hall–Kier alpha value is -5.06. The minimum absolute atomic E-state index is 0.0782. The highest BCUT2D eigenvalue weighted by Crippen LogP contribution is 2.48. The summed E-state index contributed by atoms with van der Waals surface area (Å²) < 4.78 is 9.08. The zero-order chi connectivity index (χ0) is 30.5. The second-order valence-corrected chi connectivity index (χ2v) is 12.0. The Balaban J connectivity index is 1.39. The van der Waals surface area contributed by atoms with Crippen molar-refractivity contribution in [1.82, 2.24) is 29.5 Å². The summed E-state index contributed by atoms with van der Waals surface area (Å²) in [5.41, 5.74) is 5.29. The molecule has 220 valence electrons. The fraction of sp³-hybridized carbons (Fsp3) is 0.312. The first-order valence-electron chi connectivity index (χ1n) is 14.1. The standard InChI is InChI=1S/C32H34N8O3/c1-18-7-9-33-29(26-8-10-35-40(26)6)28(18)20-11-19-13-27(38-30(41)23-14-22(23)21-15-36-39(5)17-21)34-16-24(19)25(12-20)37-31(42)43-32(2,3)4/h7-13,15-17,22-23H,14H2,1-6H3,(H,37,42)(H,34,38,41). The highest BCUT2D eigenvalue weighted by Gasteiger charge is 2.44. The van der Waals surface area contributed by atoms with Gasteiger partial charge in [-0.2, -0.15) is 10.2 Å². The summed E-state index contributed by atoms with van der Waals surface area (Å²) in [7, 11) is 3.74. The van der Waals surface area contributed by atoms with E-state index in [9.17, 15) is 9.59 Å². The molecule has 2 atom stereocenters. The molecule has 6 rings (SSSR count). The second kappa shape index (κ2) is 10.6. The first-order chi connectivity index (χ1) is 20.5. The number of fused-ring (bicyclic) bond motifs is 1. The normalized spacial score (nSPS) is 16.2. The van der Waals surface area contributed by atoms with Crippen LogP contribution in [-0.2, 0) is 23.6 Å². The lowest BCUT2D eigenvalue weighted by Crippen LogP contribution is -2.27. The average Bonchev–Trinajstić information content (AvgIpc) is 3.43. The van der Waals surface area contributed by atoms with Gasteiger partial charge in [-0.1, -0.05) is 0 Å². The van der Waals surface area contributed by atoms with Crippen LogP contribution in [0.1, 0.15) is 44.2 Å². The molecule has 4 aromatic heterocycles. The highest BCUT2D eigenvalue weighted by atomic mass is 16.6. The number of carbonyl (C=O) groups excluding carboxylic acids is 2. The topological polar surface area (TPSA) is 129 Å². The second-order valence-electron chi connectivity index (χ2n) is 12.0. The fourth-order valence-electron chi connectivity index (χ4n) is 5.41. The molecular formula is C32H34N8O3. The van der Waals surface area contributed by atoms with Crippen LogP contribution in [0.5, 0.6) is 0 Å². The molecule has 0 radical (unpaired) electrons. The largest absolute Gasteiger partial charge is 0.444 e. The molecule has 0 spiro atoms. The van der Waals surface area contributed by atoms with Crippen LogP contribution in [0.3, 0.4) is 0 Å². The van der Waals surface area contributed by atoms with Gasteiger partial charge in [0, 0.05) is 55.8 Å². The molecule has 43 heavy (non-hydrogen) atoms. The van der Waals surface area contributed by atoms with Gasteiger partial charge in [-0.3, -0.25) is 24.5 Å².